The summed E-state index contributed by atoms with van der Waals surface area (Å²) in [5.41, 5.74) is 3.84. The molecule has 2 fully saturated rings. The number of nitrogens with zero attached hydrogens (tertiary/aromatic N) is 2. The molecule has 2 aromatic carbocycles. The Labute approximate surface area is 176 Å². The normalized spacial score (nSPS) is 27.8. The molecule has 0 aliphatic carbocycles. The molecule has 0 spiro atoms. The van der Waals surface area contributed by atoms with E-state index in [1.165, 1.54) is 0 Å². The first-order valence-electron chi connectivity index (χ1n) is 9.70. The number of amides is 2. The Morgan fingerprint density at radius 3 is 2.83 bits per heavy atom. The first kappa shape index (κ1) is 17.1. The Hall–Kier alpha value is -2.80. The fourth-order valence-corrected chi connectivity index (χ4v) is 5.89. The molecular formula is C22H19BrN4O2. The van der Waals surface area contributed by atoms with Gasteiger partial charge in [0.15, 0.2) is 0 Å². The summed E-state index contributed by atoms with van der Waals surface area (Å²) in [6.45, 7) is 0.124. The highest BCUT2D eigenvalue weighted by Gasteiger charge is 2.63. The molecule has 2 saturated heterocycles. The van der Waals surface area contributed by atoms with Crippen molar-refractivity contribution in [3.05, 3.63) is 64.3 Å². The topological polar surface area (TPSA) is 68.4 Å². The maximum Gasteiger partial charge on any atom is 0.245 e. The van der Waals surface area contributed by atoms with Gasteiger partial charge in [0.25, 0.3) is 0 Å². The fraction of sp³-hybridized carbons (Fsp3) is 0.273. The zero-order chi connectivity index (χ0) is 19.9. The van der Waals surface area contributed by atoms with Crippen molar-refractivity contribution in [2.24, 2.45) is 0 Å². The van der Waals surface area contributed by atoms with Crippen molar-refractivity contribution in [3.63, 3.8) is 0 Å². The first-order valence-corrected chi connectivity index (χ1v) is 10.5. The first-order chi connectivity index (χ1) is 14.0. The zero-order valence-corrected chi connectivity index (χ0v) is 17.4. The highest BCUT2D eigenvalue weighted by Crippen LogP contribution is 2.56. The molecule has 0 unspecified atom stereocenters. The molecular weight excluding hydrogens is 432 g/mol. The lowest BCUT2D eigenvalue weighted by atomic mass is 9.72. The number of para-hydroxylation sites is 1. The van der Waals surface area contributed by atoms with Crippen molar-refractivity contribution in [1.82, 2.24) is 14.8 Å². The number of aromatic nitrogens is 1. The Kier molecular flexibility index (Phi) is 3.32. The molecule has 146 valence electrons. The predicted octanol–water partition coefficient (Wildman–Crippen LogP) is 3.04. The van der Waals surface area contributed by atoms with Gasteiger partial charge < -0.3 is 20.1 Å². The number of anilines is 1. The van der Waals surface area contributed by atoms with Gasteiger partial charge in [0.2, 0.25) is 11.8 Å². The Bertz CT molecular complexity index is 1200. The van der Waals surface area contributed by atoms with Gasteiger partial charge in [-0.25, -0.2) is 0 Å². The highest BCUT2D eigenvalue weighted by molar-refractivity contribution is 9.10. The second kappa shape index (κ2) is 5.63. The van der Waals surface area contributed by atoms with Crippen LogP contribution in [0.3, 0.4) is 0 Å². The summed E-state index contributed by atoms with van der Waals surface area (Å²) in [5, 5.41) is 4.69. The lowest BCUT2D eigenvalue weighted by Crippen LogP contribution is -2.59. The van der Waals surface area contributed by atoms with Crippen LogP contribution in [0, 0.1) is 0 Å². The van der Waals surface area contributed by atoms with Crippen molar-refractivity contribution in [2.75, 3.05) is 18.9 Å². The second-order valence-electron chi connectivity index (χ2n) is 8.17. The highest BCUT2D eigenvalue weighted by atomic mass is 79.9. The van der Waals surface area contributed by atoms with Crippen LogP contribution in [0.4, 0.5) is 5.69 Å². The van der Waals surface area contributed by atoms with Crippen molar-refractivity contribution >= 4 is 44.3 Å². The van der Waals surface area contributed by atoms with Crippen LogP contribution in [0.25, 0.3) is 10.9 Å². The van der Waals surface area contributed by atoms with Gasteiger partial charge in [0, 0.05) is 34.3 Å². The molecule has 1 aromatic heterocycles. The van der Waals surface area contributed by atoms with Crippen LogP contribution in [0.5, 0.6) is 0 Å². The van der Waals surface area contributed by atoms with Gasteiger partial charge in [-0.3, -0.25) is 9.59 Å². The average molecular weight is 451 g/mol. The maximum atomic E-state index is 13.0. The minimum absolute atomic E-state index is 0.00898. The van der Waals surface area contributed by atoms with E-state index >= 15 is 0 Å². The number of carbonyl (C=O) groups excluding carboxylic acids is 2. The number of halogens is 1. The van der Waals surface area contributed by atoms with E-state index in [1.54, 1.807) is 16.8 Å². The van der Waals surface area contributed by atoms with E-state index in [2.05, 4.69) is 50.5 Å². The third kappa shape index (κ3) is 2.06. The summed E-state index contributed by atoms with van der Waals surface area (Å²) in [5.74, 6) is 0.00369. The molecule has 7 heteroatoms. The summed E-state index contributed by atoms with van der Waals surface area (Å²) in [7, 11) is 1.71. The van der Waals surface area contributed by atoms with E-state index in [0.717, 1.165) is 32.2 Å². The maximum absolute atomic E-state index is 13.0. The molecule has 3 aliphatic heterocycles. The molecule has 6 nitrogen and oxygen atoms in total. The second-order valence-corrected chi connectivity index (χ2v) is 9.09. The van der Waals surface area contributed by atoms with Gasteiger partial charge in [-0.05, 0) is 41.8 Å². The molecule has 3 aromatic rings. The molecule has 0 saturated carbocycles. The molecule has 6 rings (SSSR count). The number of hydrogen-bond acceptors (Lipinski definition) is 3. The summed E-state index contributed by atoms with van der Waals surface area (Å²) in [6.07, 6.45) is 2.33. The molecule has 3 atom stereocenters. The minimum atomic E-state index is -0.489. The number of aromatic amines is 1. The third-order valence-corrected chi connectivity index (χ3v) is 7.24. The van der Waals surface area contributed by atoms with Gasteiger partial charge >= 0.3 is 0 Å². The van der Waals surface area contributed by atoms with Crippen molar-refractivity contribution < 1.29 is 9.59 Å². The van der Waals surface area contributed by atoms with E-state index in [9.17, 15) is 9.59 Å². The third-order valence-electron chi connectivity index (χ3n) is 6.74. The van der Waals surface area contributed by atoms with Crippen molar-refractivity contribution in [3.8, 4) is 0 Å². The van der Waals surface area contributed by atoms with Crippen molar-refractivity contribution in [1.29, 1.82) is 0 Å². The summed E-state index contributed by atoms with van der Waals surface area (Å²) in [6, 6.07) is 13.9. The van der Waals surface area contributed by atoms with Gasteiger partial charge in [-0.2, -0.15) is 0 Å². The lowest BCUT2D eigenvalue weighted by Gasteiger charge is -2.38. The summed E-state index contributed by atoms with van der Waals surface area (Å²) in [4.78, 5) is 32.8. The Morgan fingerprint density at radius 1 is 1.14 bits per heavy atom. The van der Waals surface area contributed by atoms with Crippen LogP contribution in [-0.4, -0.2) is 52.4 Å². The number of rotatable bonds is 1. The number of fused-ring (bicyclic) bond motifs is 6. The SMILES string of the molecule is CN1CC(=O)N2[C@H]3Nc4ccccc4[C@@]3(c3c[nH]c4ccc(Br)cc34)C[C@H]2C1=O. The number of nitrogens with one attached hydrogen (secondary N) is 2. The van der Waals surface area contributed by atoms with Crippen LogP contribution in [0.15, 0.2) is 53.1 Å². The average Bonchev–Trinajstić information content (AvgIpc) is 3.35. The summed E-state index contributed by atoms with van der Waals surface area (Å²) < 4.78 is 1.00. The van der Waals surface area contributed by atoms with Crippen molar-refractivity contribution in [2.45, 2.75) is 24.0 Å². The quantitative estimate of drug-likeness (QED) is 0.598. The predicted molar refractivity (Wildman–Crippen MR) is 114 cm³/mol. The van der Waals surface area contributed by atoms with Gasteiger partial charge in [0.1, 0.15) is 12.2 Å². The van der Waals surface area contributed by atoms with Gasteiger partial charge in [0.05, 0.1) is 12.0 Å². The summed E-state index contributed by atoms with van der Waals surface area (Å²) >= 11 is 3.60. The number of benzene rings is 2. The molecule has 4 heterocycles. The smallest absolute Gasteiger partial charge is 0.245 e. The van der Waals surface area contributed by atoms with Gasteiger partial charge in [-0.15, -0.1) is 0 Å². The number of hydrogen-bond donors (Lipinski definition) is 2. The largest absolute Gasteiger partial charge is 0.364 e. The van der Waals surface area contributed by atoms with E-state index in [1.807, 2.05) is 24.4 Å². The number of piperazine rings is 1. The Balaban J connectivity index is 1.64. The Morgan fingerprint density at radius 2 is 1.97 bits per heavy atom. The fourth-order valence-electron chi connectivity index (χ4n) is 5.53. The lowest BCUT2D eigenvalue weighted by molar-refractivity contribution is -0.153. The van der Waals surface area contributed by atoms with E-state index < -0.39 is 11.5 Å². The van der Waals surface area contributed by atoms with E-state index in [-0.39, 0.29) is 24.5 Å². The molecule has 2 N–H and O–H groups in total. The molecule has 0 radical (unpaired) electrons. The van der Waals surface area contributed by atoms with Crippen LogP contribution in [0.2, 0.25) is 0 Å². The van der Waals surface area contributed by atoms with Crippen LogP contribution < -0.4 is 5.32 Å². The molecule has 0 bridgehead atoms. The molecule has 3 aliphatic rings. The van der Waals surface area contributed by atoms with Crippen LogP contribution in [-0.2, 0) is 15.0 Å². The van der Waals surface area contributed by atoms with Crippen LogP contribution in [0.1, 0.15) is 17.5 Å². The number of likely N-dealkylation sites (N-methyl/N-ethyl adjacent to an activating group) is 1. The van der Waals surface area contributed by atoms with E-state index in [0.29, 0.717) is 6.42 Å². The minimum Gasteiger partial charge on any atom is -0.364 e. The number of H-pyrrole nitrogens is 1. The zero-order valence-electron chi connectivity index (χ0n) is 15.8. The molecule has 2 amide bonds. The van der Waals surface area contributed by atoms with Gasteiger partial charge in [-0.1, -0.05) is 34.1 Å². The standard InChI is InChI=1S/C22H19BrN4O2/c1-26-11-19(28)27-18(20(26)29)9-22(14-4-2-3-5-17(14)25-21(22)27)15-10-24-16-7-6-12(23)8-13(15)16/h2-8,10,18,21,24-25H,9,11H2,1H3/t18-,21+,22+/m0/s1. The monoisotopic (exact) mass is 450 g/mol. The van der Waals surface area contributed by atoms with E-state index in [4.69, 9.17) is 0 Å². The molecule has 29 heavy (non-hydrogen) atoms. The number of carbonyl (C=O) groups is 2. The van der Waals surface area contributed by atoms with Crippen LogP contribution >= 0.6 is 15.9 Å².